The van der Waals surface area contributed by atoms with Crippen LogP contribution in [0, 0.1) is 0 Å². The molecule has 23 heavy (non-hydrogen) atoms. The number of carbonyl (C=O) groups is 1. The molecule has 1 amide bonds. The third-order valence-electron chi connectivity index (χ3n) is 4.32. The SMILES string of the molecule is CN1CCCN(C(=O)c2ccc(S(=O)(=O)NC3CC3)cc2)CC1. The number of likely N-dealkylation sites (N-methyl/N-ethyl adjacent to an activating group) is 1. The summed E-state index contributed by atoms with van der Waals surface area (Å²) in [6.07, 6.45) is 2.76. The molecule has 2 aliphatic rings. The second kappa shape index (κ2) is 6.59. The number of rotatable bonds is 4. The minimum atomic E-state index is -3.46. The fraction of sp³-hybridized carbons (Fsp3) is 0.562. The third kappa shape index (κ3) is 4.10. The summed E-state index contributed by atoms with van der Waals surface area (Å²) < 4.78 is 26.9. The lowest BCUT2D eigenvalue weighted by molar-refractivity contribution is 0.0762. The molecule has 1 aromatic carbocycles. The molecule has 1 heterocycles. The Hall–Kier alpha value is -1.44. The highest BCUT2D eigenvalue weighted by molar-refractivity contribution is 7.89. The molecule has 126 valence electrons. The number of benzene rings is 1. The molecule has 0 aromatic heterocycles. The molecule has 0 radical (unpaired) electrons. The highest BCUT2D eigenvalue weighted by Gasteiger charge is 2.28. The maximum absolute atomic E-state index is 12.6. The zero-order valence-corrected chi connectivity index (χ0v) is 14.2. The van der Waals surface area contributed by atoms with E-state index in [0.29, 0.717) is 12.1 Å². The van der Waals surface area contributed by atoms with Crippen LogP contribution in [0.2, 0.25) is 0 Å². The Morgan fingerprint density at radius 3 is 2.43 bits per heavy atom. The molecule has 1 saturated heterocycles. The van der Waals surface area contributed by atoms with Gasteiger partial charge in [-0.1, -0.05) is 0 Å². The van der Waals surface area contributed by atoms with Crippen LogP contribution in [-0.2, 0) is 10.0 Å². The standard InChI is InChI=1S/C16H23N3O3S/c1-18-9-2-10-19(12-11-18)16(20)13-3-7-15(8-4-13)23(21,22)17-14-5-6-14/h3-4,7-8,14,17H,2,5-6,9-12H2,1H3. The molecule has 1 aliphatic carbocycles. The van der Waals surface area contributed by atoms with Gasteiger partial charge >= 0.3 is 0 Å². The van der Waals surface area contributed by atoms with Crippen LogP contribution in [0.4, 0.5) is 0 Å². The van der Waals surface area contributed by atoms with Crippen molar-refractivity contribution in [3.63, 3.8) is 0 Å². The van der Waals surface area contributed by atoms with Crippen molar-refractivity contribution < 1.29 is 13.2 Å². The van der Waals surface area contributed by atoms with Gasteiger partial charge in [-0.25, -0.2) is 13.1 Å². The zero-order valence-electron chi connectivity index (χ0n) is 13.4. The maximum atomic E-state index is 12.6. The van der Waals surface area contributed by atoms with Crippen molar-refractivity contribution in [3.05, 3.63) is 29.8 Å². The molecule has 7 heteroatoms. The van der Waals surface area contributed by atoms with E-state index in [1.807, 2.05) is 4.90 Å². The molecule has 0 bridgehead atoms. The van der Waals surface area contributed by atoms with Gasteiger partial charge in [-0.2, -0.15) is 0 Å². The third-order valence-corrected chi connectivity index (χ3v) is 5.85. The molecule has 6 nitrogen and oxygen atoms in total. The predicted molar refractivity (Wildman–Crippen MR) is 87.8 cm³/mol. The van der Waals surface area contributed by atoms with E-state index in [2.05, 4.69) is 16.7 Å². The Morgan fingerprint density at radius 2 is 1.78 bits per heavy atom. The summed E-state index contributed by atoms with van der Waals surface area (Å²) in [5.41, 5.74) is 0.542. The van der Waals surface area contributed by atoms with E-state index in [0.717, 1.165) is 38.9 Å². The quantitative estimate of drug-likeness (QED) is 0.886. The first-order chi connectivity index (χ1) is 11.0. The summed E-state index contributed by atoms with van der Waals surface area (Å²) in [6, 6.07) is 6.33. The molecule has 2 fully saturated rings. The number of nitrogens with one attached hydrogen (secondary N) is 1. The summed E-state index contributed by atoms with van der Waals surface area (Å²) in [5.74, 6) is -0.0283. The highest BCUT2D eigenvalue weighted by atomic mass is 32.2. The number of hydrogen-bond donors (Lipinski definition) is 1. The van der Waals surface area contributed by atoms with E-state index >= 15 is 0 Å². The van der Waals surface area contributed by atoms with Gasteiger partial charge in [0.2, 0.25) is 10.0 Å². The normalized spacial score (nSPS) is 20.3. The Bertz CT molecular complexity index is 668. The molecule has 1 aromatic rings. The average Bonchev–Trinajstić information content (AvgIpc) is 3.34. The van der Waals surface area contributed by atoms with Crippen LogP contribution in [0.1, 0.15) is 29.6 Å². The second-order valence-corrected chi connectivity index (χ2v) is 8.08. The first kappa shape index (κ1) is 16.4. The van der Waals surface area contributed by atoms with Crippen molar-refractivity contribution in [2.45, 2.75) is 30.2 Å². The number of carbonyl (C=O) groups excluding carboxylic acids is 1. The smallest absolute Gasteiger partial charge is 0.253 e. The van der Waals surface area contributed by atoms with Gasteiger partial charge in [0.15, 0.2) is 0 Å². The van der Waals surface area contributed by atoms with E-state index < -0.39 is 10.0 Å². The predicted octanol–water partition coefficient (Wildman–Crippen LogP) is 0.905. The molecule has 3 rings (SSSR count). The zero-order chi connectivity index (χ0) is 16.4. The van der Waals surface area contributed by atoms with E-state index in [-0.39, 0.29) is 16.8 Å². The first-order valence-corrected chi connectivity index (χ1v) is 9.54. The lowest BCUT2D eigenvalue weighted by Crippen LogP contribution is -2.34. The van der Waals surface area contributed by atoms with Crippen molar-refractivity contribution in [2.75, 3.05) is 33.2 Å². The number of nitrogens with zero attached hydrogens (tertiary/aromatic N) is 2. The van der Waals surface area contributed by atoms with Crippen LogP contribution in [-0.4, -0.2) is 63.4 Å². The summed E-state index contributed by atoms with van der Waals surface area (Å²) in [5, 5.41) is 0. The Kier molecular flexibility index (Phi) is 4.70. The van der Waals surface area contributed by atoms with Crippen LogP contribution in [0.3, 0.4) is 0 Å². The van der Waals surface area contributed by atoms with Gasteiger partial charge in [0.25, 0.3) is 5.91 Å². The van der Waals surface area contributed by atoms with Crippen molar-refractivity contribution in [3.8, 4) is 0 Å². The van der Waals surface area contributed by atoms with Gasteiger partial charge < -0.3 is 9.80 Å². The maximum Gasteiger partial charge on any atom is 0.253 e. The Morgan fingerprint density at radius 1 is 1.09 bits per heavy atom. The van der Waals surface area contributed by atoms with Crippen molar-refractivity contribution in [1.82, 2.24) is 14.5 Å². The van der Waals surface area contributed by atoms with Crippen LogP contribution in [0.25, 0.3) is 0 Å². The fourth-order valence-electron chi connectivity index (χ4n) is 2.70. The van der Waals surface area contributed by atoms with E-state index in [1.54, 1.807) is 12.1 Å². The molecule has 0 atom stereocenters. The first-order valence-electron chi connectivity index (χ1n) is 8.06. The summed E-state index contributed by atoms with van der Waals surface area (Å²) in [7, 11) is -1.40. The minimum absolute atomic E-state index is 0.0283. The topological polar surface area (TPSA) is 69.7 Å². The number of hydrogen-bond acceptors (Lipinski definition) is 4. The van der Waals surface area contributed by atoms with Crippen molar-refractivity contribution in [1.29, 1.82) is 0 Å². The largest absolute Gasteiger partial charge is 0.337 e. The van der Waals surface area contributed by atoms with Crippen LogP contribution >= 0.6 is 0 Å². The van der Waals surface area contributed by atoms with Gasteiger partial charge in [0.05, 0.1) is 4.90 Å². The molecule has 1 saturated carbocycles. The minimum Gasteiger partial charge on any atom is -0.337 e. The second-order valence-electron chi connectivity index (χ2n) is 6.37. The van der Waals surface area contributed by atoms with Gasteiger partial charge in [-0.3, -0.25) is 4.79 Å². The molecular formula is C16H23N3O3S. The number of amides is 1. The van der Waals surface area contributed by atoms with Crippen LogP contribution in [0.5, 0.6) is 0 Å². The Balaban J connectivity index is 1.69. The van der Waals surface area contributed by atoms with E-state index in [4.69, 9.17) is 0 Å². The van der Waals surface area contributed by atoms with Gasteiger partial charge in [0.1, 0.15) is 0 Å². The van der Waals surface area contributed by atoms with Gasteiger partial charge in [0, 0.05) is 31.2 Å². The monoisotopic (exact) mass is 337 g/mol. The highest BCUT2D eigenvalue weighted by Crippen LogP contribution is 2.22. The summed E-state index contributed by atoms with van der Waals surface area (Å²) >= 11 is 0. The summed E-state index contributed by atoms with van der Waals surface area (Å²) in [4.78, 5) is 16.8. The molecule has 0 unspecified atom stereocenters. The molecule has 0 spiro atoms. The average molecular weight is 337 g/mol. The number of sulfonamides is 1. The molecular weight excluding hydrogens is 314 g/mol. The van der Waals surface area contributed by atoms with Crippen molar-refractivity contribution in [2.24, 2.45) is 0 Å². The molecule has 1 N–H and O–H groups in total. The lowest BCUT2D eigenvalue weighted by Gasteiger charge is -2.20. The van der Waals surface area contributed by atoms with Crippen LogP contribution in [0.15, 0.2) is 29.2 Å². The molecule has 1 aliphatic heterocycles. The van der Waals surface area contributed by atoms with Crippen molar-refractivity contribution >= 4 is 15.9 Å². The van der Waals surface area contributed by atoms with Gasteiger partial charge in [-0.15, -0.1) is 0 Å². The summed E-state index contributed by atoms with van der Waals surface area (Å²) in [6.45, 7) is 3.31. The van der Waals surface area contributed by atoms with E-state index in [9.17, 15) is 13.2 Å². The van der Waals surface area contributed by atoms with E-state index in [1.165, 1.54) is 12.1 Å². The van der Waals surface area contributed by atoms with Gasteiger partial charge in [-0.05, 0) is 57.1 Å². The van der Waals surface area contributed by atoms with Crippen LogP contribution < -0.4 is 4.72 Å². The Labute approximate surface area is 137 Å². The lowest BCUT2D eigenvalue weighted by atomic mass is 10.2. The fourth-order valence-corrected chi connectivity index (χ4v) is 4.00.